The summed E-state index contributed by atoms with van der Waals surface area (Å²) in [7, 11) is 1.24. The molecule has 172 valence electrons. The Bertz CT molecular complexity index is 870. The number of hydrogen-bond donors (Lipinski definition) is 3. The van der Waals surface area contributed by atoms with Crippen molar-refractivity contribution in [1.82, 2.24) is 10.6 Å². The molecule has 2 atom stereocenters. The monoisotopic (exact) mass is 442 g/mol. The fourth-order valence-corrected chi connectivity index (χ4v) is 3.06. The van der Waals surface area contributed by atoms with Gasteiger partial charge < -0.3 is 25.2 Å². The molecule has 0 bridgehead atoms. The third-order valence-electron chi connectivity index (χ3n) is 4.85. The van der Waals surface area contributed by atoms with Crippen LogP contribution in [-0.4, -0.2) is 42.3 Å². The third-order valence-corrected chi connectivity index (χ3v) is 4.85. The zero-order valence-electron chi connectivity index (χ0n) is 18.4. The average molecular weight is 443 g/mol. The summed E-state index contributed by atoms with van der Waals surface area (Å²) in [4.78, 5) is 37.4. The Labute approximate surface area is 187 Å². The van der Waals surface area contributed by atoms with Gasteiger partial charge in [0.2, 0.25) is 5.91 Å². The van der Waals surface area contributed by atoms with Crippen LogP contribution in [0.2, 0.25) is 0 Å². The number of nitrogens with one attached hydrogen (secondary N) is 2. The van der Waals surface area contributed by atoms with E-state index in [0.29, 0.717) is 12.8 Å². The van der Waals surface area contributed by atoms with E-state index in [4.69, 9.17) is 9.47 Å². The van der Waals surface area contributed by atoms with E-state index >= 15 is 0 Å². The number of hydrogen-bond acceptors (Lipinski definition) is 6. The van der Waals surface area contributed by atoms with Crippen molar-refractivity contribution in [1.29, 1.82) is 0 Å². The molecule has 3 N–H and O–H groups in total. The lowest BCUT2D eigenvalue weighted by molar-refractivity contribution is -0.145. The summed E-state index contributed by atoms with van der Waals surface area (Å²) in [5.74, 6) is -0.998. The summed E-state index contributed by atoms with van der Waals surface area (Å²) >= 11 is 0. The topological polar surface area (TPSA) is 114 Å². The lowest BCUT2D eigenvalue weighted by Crippen LogP contribution is -2.52. The molecule has 0 spiro atoms. The third kappa shape index (κ3) is 8.29. The van der Waals surface area contributed by atoms with Crippen LogP contribution in [0, 0.1) is 0 Å². The van der Waals surface area contributed by atoms with E-state index in [9.17, 15) is 19.5 Å². The SMILES string of the molecule is CCCC[C@H](NC(=O)OCc1ccccc1)C(=O)N[C@H](Cc1ccc(O)cc1)C(=O)OC. The Morgan fingerprint density at radius 1 is 0.938 bits per heavy atom. The van der Waals surface area contributed by atoms with Crippen LogP contribution in [-0.2, 0) is 32.1 Å². The molecule has 2 aromatic rings. The van der Waals surface area contributed by atoms with Gasteiger partial charge >= 0.3 is 12.1 Å². The van der Waals surface area contributed by atoms with Gasteiger partial charge in [-0.05, 0) is 29.7 Å². The maximum absolute atomic E-state index is 12.9. The molecule has 2 amide bonds. The Morgan fingerprint density at radius 2 is 1.62 bits per heavy atom. The minimum Gasteiger partial charge on any atom is -0.508 e. The van der Waals surface area contributed by atoms with E-state index < -0.39 is 30.1 Å². The smallest absolute Gasteiger partial charge is 0.408 e. The molecule has 0 unspecified atom stereocenters. The number of carbonyl (C=O) groups excluding carboxylic acids is 3. The second kappa shape index (κ2) is 13.0. The highest BCUT2D eigenvalue weighted by atomic mass is 16.5. The number of esters is 1. The molecular weight excluding hydrogens is 412 g/mol. The highest BCUT2D eigenvalue weighted by Crippen LogP contribution is 2.12. The maximum Gasteiger partial charge on any atom is 0.408 e. The van der Waals surface area contributed by atoms with Gasteiger partial charge in [0.15, 0.2) is 0 Å². The van der Waals surface area contributed by atoms with Crippen molar-refractivity contribution in [3.05, 3.63) is 65.7 Å². The zero-order chi connectivity index (χ0) is 23.3. The summed E-state index contributed by atoms with van der Waals surface area (Å²) < 4.78 is 10.0. The molecule has 0 heterocycles. The van der Waals surface area contributed by atoms with Gasteiger partial charge in [-0.1, -0.05) is 62.2 Å². The number of rotatable bonds is 11. The standard InChI is InChI=1S/C24H30N2O6/c1-3-4-10-20(26-24(30)32-16-18-8-6-5-7-9-18)22(28)25-21(23(29)31-2)15-17-11-13-19(27)14-12-17/h5-9,11-14,20-21,27H,3-4,10,15-16H2,1-2H3,(H,25,28)(H,26,30)/t20-,21+/m0/s1. The highest BCUT2D eigenvalue weighted by molar-refractivity contribution is 5.89. The number of ether oxygens (including phenoxy) is 2. The van der Waals surface area contributed by atoms with Crippen LogP contribution in [0.5, 0.6) is 5.75 Å². The Hall–Kier alpha value is -3.55. The molecule has 0 fully saturated rings. The van der Waals surface area contributed by atoms with Crippen LogP contribution in [0.3, 0.4) is 0 Å². The molecule has 2 aromatic carbocycles. The summed E-state index contributed by atoms with van der Waals surface area (Å²) in [6.45, 7) is 2.06. The molecule has 0 aliphatic rings. The van der Waals surface area contributed by atoms with E-state index in [2.05, 4.69) is 10.6 Å². The van der Waals surface area contributed by atoms with Crippen molar-refractivity contribution >= 4 is 18.0 Å². The molecule has 8 nitrogen and oxygen atoms in total. The molecule has 2 rings (SSSR count). The van der Waals surface area contributed by atoms with E-state index in [1.54, 1.807) is 12.1 Å². The van der Waals surface area contributed by atoms with Gasteiger partial charge in [0.05, 0.1) is 7.11 Å². The fraction of sp³-hybridized carbons (Fsp3) is 0.375. The first-order chi connectivity index (χ1) is 15.4. The van der Waals surface area contributed by atoms with Gasteiger partial charge in [0.1, 0.15) is 24.4 Å². The molecule has 32 heavy (non-hydrogen) atoms. The molecule has 8 heteroatoms. The Balaban J connectivity index is 2.01. The molecule has 0 aromatic heterocycles. The van der Waals surface area contributed by atoms with Gasteiger partial charge in [0, 0.05) is 6.42 Å². The summed E-state index contributed by atoms with van der Waals surface area (Å²) in [5.41, 5.74) is 1.57. The zero-order valence-corrected chi connectivity index (χ0v) is 18.4. The molecule has 0 radical (unpaired) electrons. The van der Waals surface area contributed by atoms with E-state index in [1.165, 1.54) is 19.2 Å². The lowest BCUT2D eigenvalue weighted by atomic mass is 10.0. The van der Waals surface area contributed by atoms with Crippen LogP contribution < -0.4 is 10.6 Å². The van der Waals surface area contributed by atoms with Crippen LogP contribution in [0.25, 0.3) is 0 Å². The molecule has 0 aliphatic heterocycles. The largest absolute Gasteiger partial charge is 0.508 e. The van der Waals surface area contributed by atoms with E-state index in [1.807, 2.05) is 37.3 Å². The summed E-state index contributed by atoms with van der Waals surface area (Å²) in [5, 5.41) is 14.7. The molecule has 0 saturated carbocycles. The first-order valence-corrected chi connectivity index (χ1v) is 10.6. The van der Waals surface area contributed by atoms with Crippen LogP contribution >= 0.6 is 0 Å². The average Bonchev–Trinajstić information content (AvgIpc) is 2.81. The maximum atomic E-state index is 12.9. The normalized spacial score (nSPS) is 12.3. The number of phenols is 1. The number of alkyl carbamates (subject to hydrolysis) is 1. The number of unbranched alkanes of at least 4 members (excludes halogenated alkanes) is 1. The number of benzene rings is 2. The quantitative estimate of drug-likeness (QED) is 0.461. The minimum absolute atomic E-state index is 0.0838. The van der Waals surface area contributed by atoms with Gasteiger partial charge in [-0.3, -0.25) is 4.79 Å². The first-order valence-electron chi connectivity index (χ1n) is 10.6. The Kier molecular flexibility index (Phi) is 10.0. The second-order valence-corrected chi connectivity index (χ2v) is 7.36. The molecular formula is C24H30N2O6. The van der Waals surface area contributed by atoms with Crippen LogP contribution in [0.1, 0.15) is 37.3 Å². The van der Waals surface area contributed by atoms with Crippen LogP contribution in [0.15, 0.2) is 54.6 Å². The summed E-state index contributed by atoms with van der Waals surface area (Å²) in [6.07, 6.45) is 1.41. The van der Waals surface area contributed by atoms with Crippen LogP contribution in [0.4, 0.5) is 4.79 Å². The predicted molar refractivity (Wildman–Crippen MR) is 119 cm³/mol. The van der Waals surface area contributed by atoms with E-state index in [0.717, 1.165) is 17.5 Å². The molecule has 0 saturated heterocycles. The molecule has 0 aliphatic carbocycles. The number of amides is 2. The van der Waals surface area contributed by atoms with Gasteiger partial charge in [-0.15, -0.1) is 0 Å². The van der Waals surface area contributed by atoms with Crippen molar-refractivity contribution in [3.8, 4) is 5.75 Å². The number of methoxy groups -OCH3 is 1. The van der Waals surface area contributed by atoms with Crippen molar-refractivity contribution < 1.29 is 29.0 Å². The minimum atomic E-state index is -0.941. The second-order valence-electron chi connectivity index (χ2n) is 7.36. The fourth-order valence-electron chi connectivity index (χ4n) is 3.06. The van der Waals surface area contributed by atoms with E-state index in [-0.39, 0.29) is 18.8 Å². The van der Waals surface area contributed by atoms with Crippen molar-refractivity contribution in [2.45, 2.75) is 51.3 Å². The van der Waals surface area contributed by atoms with Gasteiger partial charge in [0.25, 0.3) is 0 Å². The number of phenolic OH excluding ortho intramolecular Hbond substituents is 1. The van der Waals surface area contributed by atoms with Crippen molar-refractivity contribution in [3.63, 3.8) is 0 Å². The van der Waals surface area contributed by atoms with Gasteiger partial charge in [-0.25, -0.2) is 9.59 Å². The van der Waals surface area contributed by atoms with Crippen molar-refractivity contribution in [2.75, 3.05) is 7.11 Å². The number of carbonyl (C=O) groups is 3. The number of aromatic hydroxyl groups is 1. The highest BCUT2D eigenvalue weighted by Gasteiger charge is 2.27. The Morgan fingerprint density at radius 3 is 2.25 bits per heavy atom. The first kappa shape index (κ1) is 24.7. The lowest BCUT2D eigenvalue weighted by Gasteiger charge is -2.22. The predicted octanol–water partition coefficient (Wildman–Crippen LogP) is 3.08. The van der Waals surface area contributed by atoms with Gasteiger partial charge in [-0.2, -0.15) is 0 Å². The summed E-state index contributed by atoms with van der Waals surface area (Å²) in [6, 6.07) is 13.7. The van der Waals surface area contributed by atoms with Crippen molar-refractivity contribution in [2.24, 2.45) is 0 Å².